The van der Waals surface area contributed by atoms with Gasteiger partial charge in [0.2, 0.25) is 11.8 Å². The van der Waals surface area contributed by atoms with E-state index in [4.69, 9.17) is 11.6 Å². The summed E-state index contributed by atoms with van der Waals surface area (Å²) in [7, 11) is 4.11. The normalized spacial score (nSPS) is 22.8. The van der Waals surface area contributed by atoms with E-state index in [2.05, 4.69) is 23.9 Å². The molecule has 2 saturated heterocycles. The first-order valence-corrected chi connectivity index (χ1v) is 10.5. The standard InChI is InChI=1S/C22H30ClN3O2/c1-24(2)13-5-14-26-20-12-15-25(16-18(20)9-11-22(26)28)21(27)10-8-17-6-3-4-7-19(17)23/h3-4,6-8,10,18,20H,5,9,11-16H2,1-2H3/b10-8+/t18-,20+/m0/s1. The fraction of sp³-hybridized carbons (Fsp3) is 0.545. The second kappa shape index (κ2) is 9.57. The smallest absolute Gasteiger partial charge is 0.246 e. The highest BCUT2D eigenvalue weighted by atomic mass is 35.5. The maximum Gasteiger partial charge on any atom is 0.246 e. The molecule has 1 aromatic carbocycles. The number of piperidine rings is 2. The third kappa shape index (κ3) is 5.15. The maximum absolute atomic E-state index is 12.7. The van der Waals surface area contributed by atoms with E-state index in [-0.39, 0.29) is 17.9 Å². The molecule has 0 aromatic heterocycles. The molecule has 152 valence electrons. The molecule has 2 aliphatic heterocycles. The molecule has 2 fully saturated rings. The number of carbonyl (C=O) groups is 2. The lowest BCUT2D eigenvalue weighted by atomic mass is 9.83. The van der Waals surface area contributed by atoms with Crippen LogP contribution in [-0.2, 0) is 9.59 Å². The largest absolute Gasteiger partial charge is 0.339 e. The average molecular weight is 404 g/mol. The fourth-order valence-electron chi connectivity index (χ4n) is 4.28. The van der Waals surface area contributed by atoms with Crippen LogP contribution in [0.3, 0.4) is 0 Å². The lowest BCUT2D eigenvalue weighted by molar-refractivity contribution is -0.143. The van der Waals surface area contributed by atoms with Crippen molar-refractivity contribution in [1.82, 2.24) is 14.7 Å². The van der Waals surface area contributed by atoms with Gasteiger partial charge in [0.05, 0.1) is 0 Å². The molecule has 6 heteroatoms. The van der Waals surface area contributed by atoms with Crippen molar-refractivity contribution in [2.45, 2.75) is 31.7 Å². The number of amides is 2. The first kappa shape index (κ1) is 20.9. The van der Waals surface area contributed by atoms with Crippen molar-refractivity contribution >= 4 is 29.5 Å². The summed E-state index contributed by atoms with van der Waals surface area (Å²) >= 11 is 6.16. The highest BCUT2D eigenvalue weighted by Gasteiger charge is 2.39. The van der Waals surface area contributed by atoms with Gasteiger partial charge in [0.15, 0.2) is 0 Å². The van der Waals surface area contributed by atoms with Gasteiger partial charge in [0.1, 0.15) is 0 Å². The molecule has 0 saturated carbocycles. The van der Waals surface area contributed by atoms with E-state index in [1.54, 1.807) is 12.2 Å². The third-order valence-electron chi connectivity index (χ3n) is 5.77. The van der Waals surface area contributed by atoms with Gasteiger partial charge >= 0.3 is 0 Å². The van der Waals surface area contributed by atoms with E-state index in [1.807, 2.05) is 29.2 Å². The van der Waals surface area contributed by atoms with Gasteiger partial charge in [-0.3, -0.25) is 9.59 Å². The van der Waals surface area contributed by atoms with Gasteiger partial charge < -0.3 is 14.7 Å². The summed E-state index contributed by atoms with van der Waals surface area (Å²) in [6, 6.07) is 7.78. The Morgan fingerprint density at radius 3 is 2.82 bits per heavy atom. The van der Waals surface area contributed by atoms with Crippen molar-refractivity contribution < 1.29 is 9.59 Å². The molecule has 5 nitrogen and oxygen atoms in total. The SMILES string of the molecule is CN(C)CCCN1C(=O)CC[C@H]2CN(C(=O)/C=C/c3ccccc3Cl)CC[C@H]21. The van der Waals surface area contributed by atoms with E-state index < -0.39 is 0 Å². The maximum atomic E-state index is 12.7. The van der Waals surface area contributed by atoms with Gasteiger partial charge in [-0.25, -0.2) is 0 Å². The van der Waals surface area contributed by atoms with Crippen LogP contribution in [0.4, 0.5) is 0 Å². The summed E-state index contributed by atoms with van der Waals surface area (Å²) in [5, 5.41) is 0.643. The summed E-state index contributed by atoms with van der Waals surface area (Å²) in [5.41, 5.74) is 0.850. The van der Waals surface area contributed by atoms with Crippen molar-refractivity contribution in [3.05, 3.63) is 40.9 Å². The van der Waals surface area contributed by atoms with E-state index in [0.717, 1.165) is 44.5 Å². The van der Waals surface area contributed by atoms with Crippen LogP contribution in [0.15, 0.2) is 30.3 Å². The van der Waals surface area contributed by atoms with Crippen LogP contribution in [0.1, 0.15) is 31.2 Å². The zero-order valence-corrected chi connectivity index (χ0v) is 17.6. The Balaban J connectivity index is 1.58. The van der Waals surface area contributed by atoms with Crippen LogP contribution in [0, 0.1) is 5.92 Å². The quantitative estimate of drug-likeness (QED) is 0.685. The predicted molar refractivity (Wildman–Crippen MR) is 113 cm³/mol. The summed E-state index contributed by atoms with van der Waals surface area (Å²) in [6.07, 6.45) is 6.74. The second-order valence-corrected chi connectivity index (χ2v) is 8.45. The molecule has 0 N–H and O–H groups in total. The van der Waals surface area contributed by atoms with E-state index >= 15 is 0 Å². The number of benzene rings is 1. The molecule has 3 rings (SSSR count). The van der Waals surface area contributed by atoms with Gasteiger partial charge in [-0.05, 0) is 63.5 Å². The minimum atomic E-state index is 0.0226. The Morgan fingerprint density at radius 2 is 2.07 bits per heavy atom. The van der Waals surface area contributed by atoms with Gasteiger partial charge in [-0.1, -0.05) is 29.8 Å². The number of carbonyl (C=O) groups excluding carboxylic acids is 2. The van der Waals surface area contributed by atoms with Crippen LogP contribution in [0.25, 0.3) is 6.08 Å². The topological polar surface area (TPSA) is 43.9 Å². The second-order valence-electron chi connectivity index (χ2n) is 8.04. The summed E-state index contributed by atoms with van der Waals surface area (Å²) in [5.74, 6) is 0.677. The monoisotopic (exact) mass is 403 g/mol. The van der Waals surface area contributed by atoms with Crippen molar-refractivity contribution in [3.8, 4) is 0 Å². The molecular formula is C22H30ClN3O2. The Morgan fingerprint density at radius 1 is 1.29 bits per heavy atom. The van der Waals surface area contributed by atoms with Crippen LogP contribution in [0.2, 0.25) is 5.02 Å². The molecular weight excluding hydrogens is 374 g/mol. The summed E-state index contributed by atoms with van der Waals surface area (Å²) in [6.45, 7) is 3.23. The van der Waals surface area contributed by atoms with Crippen molar-refractivity contribution in [3.63, 3.8) is 0 Å². The van der Waals surface area contributed by atoms with E-state index in [9.17, 15) is 9.59 Å². The molecule has 1 aromatic rings. The summed E-state index contributed by atoms with van der Waals surface area (Å²) < 4.78 is 0. The Hall–Kier alpha value is -1.85. The molecule has 0 unspecified atom stereocenters. The first-order chi connectivity index (χ1) is 13.5. The van der Waals surface area contributed by atoms with Gasteiger partial charge in [0, 0.05) is 43.2 Å². The van der Waals surface area contributed by atoms with Crippen molar-refractivity contribution in [2.75, 3.05) is 40.3 Å². The number of nitrogens with zero attached hydrogens (tertiary/aromatic N) is 3. The zero-order valence-electron chi connectivity index (χ0n) is 16.8. The van der Waals surface area contributed by atoms with Crippen molar-refractivity contribution in [1.29, 1.82) is 0 Å². The molecule has 0 spiro atoms. The molecule has 0 aliphatic carbocycles. The van der Waals surface area contributed by atoms with E-state index in [1.165, 1.54) is 0 Å². The number of fused-ring (bicyclic) bond motifs is 1. The number of rotatable bonds is 6. The third-order valence-corrected chi connectivity index (χ3v) is 6.11. The Labute approximate surface area is 172 Å². The number of hydrogen-bond donors (Lipinski definition) is 0. The van der Waals surface area contributed by atoms with Gasteiger partial charge in [0.25, 0.3) is 0 Å². The highest BCUT2D eigenvalue weighted by molar-refractivity contribution is 6.32. The van der Waals surface area contributed by atoms with Crippen LogP contribution < -0.4 is 0 Å². The van der Waals surface area contributed by atoms with Gasteiger partial charge in [-0.15, -0.1) is 0 Å². The van der Waals surface area contributed by atoms with E-state index in [0.29, 0.717) is 23.9 Å². The molecule has 28 heavy (non-hydrogen) atoms. The number of hydrogen-bond acceptors (Lipinski definition) is 3. The first-order valence-electron chi connectivity index (χ1n) is 10.1. The Bertz CT molecular complexity index is 734. The number of likely N-dealkylation sites (tertiary alicyclic amines) is 2. The molecule has 0 radical (unpaired) electrons. The Kier molecular flexibility index (Phi) is 7.13. The lowest BCUT2D eigenvalue weighted by Gasteiger charge is -2.47. The summed E-state index contributed by atoms with van der Waals surface area (Å²) in [4.78, 5) is 31.3. The molecule has 0 bridgehead atoms. The van der Waals surface area contributed by atoms with Crippen LogP contribution >= 0.6 is 11.6 Å². The predicted octanol–water partition coefficient (Wildman–Crippen LogP) is 3.14. The lowest BCUT2D eigenvalue weighted by Crippen LogP contribution is -2.57. The van der Waals surface area contributed by atoms with Crippen LogP contribution in [-0.4, -0.2) is 72.8 Å². The minimum Gasteiger partial charge on any atom is -0.339 e. The van der Waals surface area contributed by atoms with Crippen LogP contribution in [0.5, 0.6) is 0 Å². The number of halogens is 1. The fourth-order valence-corrected chi connectivity index (χ4v) is 4.47. The highest BCUT2D eigenvalue weighted by Crippen LogP contribution is 2.31. The van der Waals surface area contributed by atoms with Gasteiger partial charge in [-0.2, -0.15) is 0 Å². The minimum absolute atomic E-state index is 0.0226. The van der Waals surface area contributed by atoms with Crippen molar-refractivity contribution in [2.24, 2.45) is 5.92 Å². The zero-order chi connectivity index (χ0) is 20.1. The molecule has 2 heterocycles. The average Bonchev–Trinajstić information content (AvgIpc) is 2.68. The molecule has 2 atom stereocenters. The molecule has 2 aliphatic rings. The molecule has 2 amide bonds.